The number of nitrogens with one attached hydrogen (secondary N) is 2. The molecule has 2 aromatic carbocycles. The molecule has 2 amide bonds. The van der Waals surface area contributed by atoms with Crippen LogP contribution in [0.2, 0.25) is 0 Å². The Morgan fingerprint density at radius 2 is 1.65 bits per heavy atom. The zero-order valence-corrected chi connectivity index (χ0v) is 17.7. The van der Waals surface area contributed by atoms with E-state index < -0.39 is 42.3 Å². The van der Waals surface area contributed by atoms with Crippen molar-refractivity contribution in [2.24, 2.45) is 0 Å². The number of benzene rings is 2. The second-order valence-corrected chi connectivity index (χ2v) is 7.98. The molecule has 0 saturated carbocycles. The van der Waals surface area contributed by atoms with Crippen LogP contribution in [0, 0.1) is 0 Å². The van der Waals surface area contributed by atoms with E-state index >= 15 is 0 Å². The molecule has 0 spiro atoms. The van der Waals surface area contributed by atoms with Gasteiger partial charge in [0.2, 0.25) is 6.04 Å². The molecule has 11 heteroatoms. The van der Waals surface area contributed by atoms with Gasteiger partial charge in [0.25, 0.3) is 5.91 Å². The number of rotatable bonds is 6. The van der Waals surface area contributed by atoms with Crippen LogP contribution in [-0.2, 0) is 19.1 Å². The molecule has 3 N–H and O–H groups in total. The number of fused-ring (bicyclic) bond motifs is 3. The number of hydrogen-bond acceptors (Lipinski definition) is 5. The third-order valence-corrected chi connectivity index (χ3v) is 5.86. The van der Waals surface area contributed by atoms with Gasteiger partial charge in [-0.1, -0.05) is 48.5 Å². The second kappa shape index (κ2) is 9.34. The molecule has 0 radical (unpaired) electrons. The van der Waals surface area contributed by atoms with E-state index in [4.69, 9.17) is 14.6 Å². The van der Waals surface area contributed by atoms with Crippen LogP contribution >= 0.6 is 0 Å². The highest BCUT2D eigenvalue weighted by Crippen LogP contribution is 2.44. The average Bonchev–Trinajstić information content (AvgIpc) is 3.38. The summed E-state index contributed by atoms with van der Waals surface area (Å²) < 4.78 is 50.6. The predicted octanol–water partition coefficient (Wildman–Crippen LogP) is 2.81. The number of hydrogen-bond donors (Lipinski definition) is 3. The quantitative estimate of drug-likeness (QED) is 0.589. The zero-order chi connectivity index (χ0) is 24.5. The van der Waals surface area contributed by atoms with Crippen molar-refractivity contribution in [1.82, 2.24) is 10.6 Å². The molecule has 0 bridgehead atoms. The van der Waals surface area contributed by atoms with Gasteiger partial charge in [-0.2, -0.15) is 13.2 Å². The fraction of sp³-hybridized carbons (Fsp3) is 0.348. The van der Waals surface area contributed by atoms with Crippen LogP contribution in [0.15, 0.2) is 48.5 Å². The summed E-state index contributed by atoms with van der Waals surface area (Å²) in [6.07, 6.45) is -7.99. The highest BCUT2D eigenvalue weighted by molar-refractivity contribution is 5.87. The molecule has 8 nitrogen and oxygen atoms in total. The number of carboxylic acids is 1. The number of carbonyl (C=O) groups excluding carboxylic acids is 2. The van der Waals surface area contributed by atoms with E-state index in [2.05, 4.69) is 0 Å². The number of carboxylic acid groups (broad SMARTS) is 1. The maximum absolute atomic E-state index is 13.5. The zero-order valence-electron chi connectivity index (χ0n) is 17.7. The lowest BCUT2D eigenvalue weighted by Gasteiger charge is -2.24. The minimum atomic E-state index is -5.13. The Morgan fingerprint density at radius 3 is 2.21 bits per heavy atom. The smallest absolute Gasteiger partial charge is 0.417 e. The third-order valence-electron chi connectivity index (χ3n) is 5.86. The van der Waals surface area contributed by atoms with Crippen molar-refractivity contribution in [3.63, 3.8) is 0 Å². The van der Waals surface area contributed by atoms with Crippen LogP contribution in [0.5, 0.6) is 0 Å². The van der Waals surface area contributed by atoms with Crippen molar-refractivity contribution in [1.29, 1.82) is 0 Å². The molecular formula is C23H21F3N2O6. The number of alkyl carbamates (subject to hydrolysis) is 1. The molecule has 1 fully saturated rings. The van der Waals surface area contributed by atoms with Crippen molar-refractivity contribution in [2.45, 2.75) is 36.7 Å². The summed E-state index contributed by atoms with van der Waals surface area (Å²) in [7, 11) is 0. The van der Waals surface area contributed by atoms with E-state index in [0.717, 1.165) is 22.3 Å². The number of alkyl halides is 3. The Hall–Kier alpha value is -3.60. The lowest BCUT2D eigenvalue weighted by Crippen LogP contribution is -2.58. The van der Waals surface area contributed by atoms with E-state index in [1.54, 1.807) is 5.32 Å². The molecule has 1 saturated heterocycles. The summed E-state index contributed by atoms with van der Waals surface area (Å²) in [5, 5.41) is 12.6. The fourth-order valence-electron chi connectivity index (χ4n) is 4.30. The lowest BCUT2D eigenvalue weighted by atomic mass is 9.98. The Morgan fingerprint density at radius 1 is 1.06 bits per heavy atom. The van der Waals surface area contributed by atoms with Gasteiger partial charge in [-0.05, 0) is 28.7 Å². The Bertz CT molecular complexity index is 1060. The summed E-state index contributed by atoms with van der Waals surface area (Å²) in [6, 6.07) is 10.8. The van der Waals surface area contributed by atoms with Crippen molar-refractivity contribution < 1.29 is 42.1 Å². The van der Waals surface area contributed by atoms with Crippen LogP contribution < -0.4 is 10.6 Å². The summed E-state index contributed by atoms with van der Waals surface area (Å²) in [4.78, 5) is 35.7. The maximum Gasteiger partial charge on any atom is 0.417 e. The van der Waals surface area contributed by atoms with Crippen molar-refractivity contribution >= 4 is 18.0 Å². The van der Waals surface area contributed by atoms with Crippen LogP contribution in [-0.4, -0.2) is 60.7 Å². The monoisotopic (exact) mass is 478 g/mol. The van der Waals surface area contributed by atoms with E-state index in [1.807, 2.05) is 53.8 Å². The SMILES string of the molecule is O=C(NC(C(=O)N[C@H]1CCO[C@H]1C(=O)O)C(F)(F)F)OCC1c2ccccc2-c2ccccc21. The molecular weight excluding hydrogens is 457 g/mol. The minimum absolute atomic E-state index is 0.0260. The van der Waals surface area contributed by atoms with Crippen LogP contribution in [0.4, 0.5) is 18.0 Å². The van der Waals surface area contributed by atoms with Gasteiger partial charge in [0.15, 0.2) is 6.10 Å². The molecule has 1 aliphatic carbocycles. The van der Waals surface area contributed by atoms with Gasteiger partial charge in [-0.3, -0.25) is 4.79 Å². The maximum atomic E-state index is 13.5. The predicted molar refractivity (Wildman–Crippen MR) is 112 cm³/mol. The number of aliphatic carboxylic acids is 1. The molecule has 34 heavy (non-hydrogen) atoms. The summed E-state index contributed by atoms with van der Waals surface area (Å²) >= 11 is 0. The van der Waals surface area contributed by atoms with Gasteiger partial charge >= 0.3 is 18.2 Å². The summed E-state index contributed by atoms with van der Waals surface area (Å²) in [5.74, 6) is -3.37. The number of ether oxygens (including phenoxy) is 2. The summed E-state index contributed by atoms with van der Waals surface area (Å²) in [6.45, 7) is -0.262. The molecule has 1 heterocycles. The topological polar surface area (TPSA) is 114 Å². The molecule has 3 atom stereocenters. The normalized spacial score (nSPS) is 20.2. The Balaban J connectivity index is 1.42. The first kappa shape index (κ1) is 23.6. The van der Waals surface area contributed by atoms with Crippen molar-refractivity contribution in [3.8, 4) is 11.1 Å². The van der Waals surface area contributed by atoms with Crippen molar-refractivity contribution in [2.75, 3.05) is 13.2 Å². The second-order valence-electron chi connectivity index (χ2n) is 7.98. The largest absolute Gasteiger partial charge is 0.479 e. The Labute approximate surface area is 192 Å². The van der Waals surface area contributed by atoms with Gasteiger partial charge < -0.3 is 25.2 Å². The van der Waals surface area contributed by atoms with E-state index in [1.165, 1.54) is 0 Å². The van der Waals surface area contributed by atoms with Crippen molar-refractivity contribution in [3.05, 3.63) is 59.7 Å². The number of halogens is 3. The lowest BCUT2D eigenvalue weighted by molar-refractivity contribution is -0.168. The molecule has 2 aliphatic rings. The van der Waals surface area contributed by atoms with E-state index in [-0.39, 0.29) is 25.6 Å². The minimum Gasteiger partial charge on any atom is -0.479 e. The van der Waals surface area contributed by atoms with Crippen LogP contribution in [0.25, 0.3) is 11.1 Å². The highest BCUT2D eigenvalue weighted by atomic mass is 19.4. The third kappa shape index (κ3) is 4.69. The summed E-state index contributed by atoms with van der Waals surface area (Å²) in [5.41, 5.74) is 3.66. The van der Waals surface area contributed by atoms with Crippen LogP contribution in [0.3, 0.4) is 0 Å². The molecule has 180 valence electrons. The standard InChI is InChI=1S/C23H21F3N2O6/c24-23(25,26)19(20(29)27-17-9-10-33-18(17)21(30)31)28-22(32)34-11-16-14-7-3-1-5-12(14)13-6-2-4-8-15(13)16/h1-8,16-19H,9-11H2,(H,27,29)(H,28,32)(H,30,31)/t17-,18+,19?/m0/s1. The highest BCUT2D eigenvalue weighted by Gasteiger charge is 2.48. The fourth-order valence-corrected chi connectivity index (χ4v) is 4.30. The molecule has 2 aromatic rings. The molecule has 1 unspecified atom stereocenters. The molecule has 1 aliphatic heterocycles. The number of carbonyl (C=O) groups is 3. The van der Waals surface area contributed by atoms with E-state index in [0.29, 0.717) is 0 Å². The van der Waals surface area contributed by atoms with Crippen LogP contribution in [0.1, 0.15) is 23.5 Å². The Kier molecular flexibility index (Phi) is 6.47. The van der Waals surface area contributed by atoms with Gasteiger partial charge in [0, 0.05) is 12.5 Å². The number of amides is 2. The van der Waals surface area contributed by atoms with Gasteiger partial charge in [-0.25, -0.2) is 9.59 Å². The van der Waals surface area contributed by atoms with Gasteiger partial charge in [0.05, 0.1) is 6.04 Å². The molecule has 4 rings (SSSR count). The first-order valence-corrected chi connectivity index (χ1v) is 10.5. The van der Waals surface area contributed by atoms with Gasteiger partial charge in [-0.15, -0.1) is 0 Å². The van der Waals surface area contributed by atoms with E-state index in [9.17, 15) is 27.6 Å². The molecule has 0 aromatic heterocycles. The van der Waals surface area contributed by atoms with Gasteiger partial charge in [0.1, 0.15) is 6.61 Å². The first-order valence-electron chi connectivity index (χ1n) is 10.5. The first-order chi connectivity index (χ1) is 16.2. The average molecular weight is 478 g/mol.